The summed E-state index contributed by atoms with van der Waals surface area (Å²) in [5, 5.41) is 3.41. The van der Waals surface area contributed by atoms with Gasteiger partial charge in [0.2, 0.25) is 0 Å². The third kappa shape index (κ3) is 2.00. The van der Waals surface area contributed by atoms with Crippen LogP contribution in [-0.2, 0) is 4.79 Å². The van der Waals surface area contributed by atoms with Crippen LogP contribution < -0.4 is 5.32 Å². The molecule has 0 aromatic carbocycles. The molecule has 2 aliphatic rings. The minimum absolute atomic E-state index is 0.130. The monoisotopic (exact) mass is 195 g/mol. The third-order valence-electron chi connectivity index (χ3n) is 3.86. The van der Waals surface area contributed by atoms with Crippen molar-refractivity contribution in [1.29, 1.82) is 0 Å². The van der Waals surface area contributed by atoms with E-state index in [0.29, 0.717) is 5.78 Å². The van der Waals surface area contributed by atoms with Crippen molar-refractivity contribution in [3.8, 4) is 0 Å². The molecule has 0 spiro atoms. The van der Waals surface area contributed by atoms with E-state index in [2.05, 4.69) is 12.2 Å². The summed E-state index contributed by atoms with van der Waals surface area (Å²) in [4.78, 5) is 12.1. The molecular formula is C12H21NO. The van der Waals surface area contributed by atoms with Crippen LogP contribution in [0.1, 0.15) is 51.9 Å². The van der Waals surface area contributed by atoms with Gasteiger partial charge in [-0.15, -0.1) is 0 Å². The predicted octanol–water partition coefficient (Wildman–Crippen LogP) is 2.28. The summed E-state index contributed by atoms with van der Waals surface area (Å²) >= 11 is 0. The minimum Gasteiger partial charge on any atom is -0.305 e. The lowest BCUT2D eigenvalue weighted by Gasteiger charge is -2.26. The maximum absolute atomic E-state index is 12.1. The SMILES string of the molecule is CCC1(C(=O)CCC2CC2)CCCN1. The van der Waals surface area contributed by atoms with E-state index in [1.165, 1.54) is 19.3 Å². The standard InChI is InChI=1S/C12H21NO/c1-2-12(8-3-9-13-12)11(14)7-6-10-4-5-10/h10,13H,2-9H2,1H3. The van der Waals surface area contributed by atoms with E-state index in [1.807, 2.05) is 0 Å². The van der Waals surface area contributed by atoms with Gasteiger partial charge < -0.3 is 5.32 Å². The van der Waals surface area contributed by atoms with Gasteiger partial charge in [-0.1, -0.05) is 19.8 Å². The van der Waals surface area contributed by atoms with Gasteiger partial charge in [-0.05, 0) is 38.1 Å². The maximum Gasteiger partial charge on any atom is 0.152 e. The third-order valence-corrected chi connectivity index (χ3v) is 3.86. The van der Waals surface area contributed by atoms with Gasteiger partial charge >= 0.3 is 0 Å². The van der Waals surface area contributed by atoms with Crippen LogP contribution in [-0.4, -0.2) is 17.9 Å². The Hall–Kier alpha value is -0.370. The molecule has 0 radical (unpaired) electrons. The molecule has 2 rings (SSSR count). The van der Waals surface area contributed by atoms with E-state index in [0.717, 1.165) is 38.1 Å². The molecule has 2 fully saturated rings. The van der Waals surface area contributed by atoms with E-state index in [-0.39, 0.29) is 5.54 Å². The highest BCUT2D eigenvalue weighted by Gasteiger charge is 2.38. The predicted molar refractivity (Wildman–Crippen MR) is 57.2 cm³/mol. The topological polar surface area (TPSA) is 29.1 Å². The smallest absolute Gasteiger partial charge is 0.152 e. The van der Waals surface area contributed by atoms with Gasteiger partial charge in [0.25, 0.3) is 0 Å². The molecule has 0 aromatic heterocycles. The van der Waals surface area contributed by atoms with Crippen molar-refractivity contribution in [3.63, 3.8) is 0 Å². The molecule has 1 aliphatic heterocycles. The molecule has 2 heteroatoms. The summed E-state index contributed by atoms with van der Waals surface area (Å²) in [5.74, 6) is 1.36. The Morgan fingerprint density at radius 2 is 2.29 bits per heavy atom. The number of Topliss-reactive ketones (excluding diaryl/α,β-unsaturated/α-hetero) is 1. The zero-order valence-corrected chi connectivity index (χ0v) is 9.14. The van der Waals surface area contributed by atoms with E-state index in [4.69, 9.17) is 0 Å². The number of hydrogen-bond donors (Lipinski definition) is 1. The van der Waals surface area contributed by atoms with Crippen molar-refractivity contribution in [2.45, 2.75) is 57.4 Å². The van der Waals surface area contributed by atoms with E-state index >= 15 is 0 Å². The van der Waals surface area contributed by atoms with Gasteiger partial charge in [0.15, 0.2) is 5.78 Å². The van der Waals surface area contributed by atoms with E-state index in [9.17, 15) is 4.79 Å². The summed E-state index contributed by atoms with van der Waals surface area (Å²) in [6.07, 6.45) is 7.87. The lowest BCUT2D eigenvalue weighted by atomic mass is 9.86. The van der Waals surface area contributed by atoms with E-state index < -0.39 is 0 Å². The van der Waals surface area contributed by atoms with Crippen LogP contribution in [0.5, 0.6) is 0 Å². The van der Waals surface area contributed by atoms with Crippen LogP contribution in [0.15, 0.2) is 0 Å². The molecule has 1 saturated heterocycles. The zero-order chi connectivity index (χ0) is 10.0. The van der Waals surface area contributed by atoms with Crippen LogP contribution in [0.4, 0.5) is 0 Å². The fourth-order valence-corrected chi connectivity index (χ4v) is 2.52. The van der Waals surface area contributed by atoms with Crippen LogP contribution in [0.3, 0.4) is 0 Å². The average Bonchev–Trinajstić information content (AvgIpc) is 2.90. The Labute approximate surface area is 86.5 Å². The van der Waals surface area contributed by atoms with Gasteiger partial charge in [0.05, 0.1) is 5.54 Å². The summed E-state index contributed by atoms with van der Waals surface area (Å²) in [6.45, 7) is 3.16. The molecule has 1 aliphatic carbocycles. The van der Waals surface area contributed by atoms with Crippen molar-refractivity contribution < 1.29 is 4.79 Å². The molecule has 1 saturated carbocycles. The highest BCUT2D eigenvalue weighted by atomic mass is 16.1. The first-order valence-corrected chi connectivity index (χ1v) is 6.05. The lowest BCUT2D eigenvalue weighted by molar-refractivity contribution is -0.125. The number of rotatable bonds is 5. The normalized spacial score (nSPS) is 32.1. The molecule has 14 heavy (non-hydrogen) atoms. The molecule has 1 heterocycles. The van der Waals surface area contributed by atoms with Crippen LogP contribution in [0.25, 0.3) is 0 Å². The zero-order valence-electron chi connectivity index (χ0n) is 9.14. The Balaban J connectivity index is 1.86. The van der Waals surface area contributed by atoms with Gasteiger partial charge in [-0.25, -0.2) is 0 Å². The van der Waals surface area contributed by atoms with Crippen molar-refractivity contribution >= 4 is 5.78 Å². The van der Waals surface area contributed by atoms with E-state index in [1.54, 1.807) is 0 Å². The van der Waals surface area contributed by atoms with Crippen LogP contribution in [0, 0.1) is 5.92 Å². The molecule has 2 nitrogen and oxygen atoms in total. The fourth-order valence-electron chi connectivity index (χ4n) is 2.52. The lowest BCUT2D eigenvalue weighted by Crippen LogP contribution is -2.46. The van der Waals surface area contributed by atoms with Gasteiger partial charge in [0, 0.05) is 6.42 Å². The number of carbonyl (C=O) groups excluding carboxylic acids is 1. The Morgan fingerprint density at radius 1 is 1.50 bits per heavy atom. The molecule has 0 bridgehead atoms. The second kappa shape index (κ2) is 4.01. The Kier molecular flexibility index (Phi) is 2.91. The first kappa shape index (κ1) is 10.2. The molecule has 80 valence electrons. The summed E-state index contributed by atoms with van der Waals surface area (Å²) in [6, 6.07) is 0. The second-order valence-corrected chi connectivity index (χ2v) is 4.87. The molecular weight excluding hydrogens is 174 g/mol. The first-order chi connectivity index (χ1) is 6.77. The number of nitrogens with one attached hydrogen (secondary N) is 1. The highest BCUT2D eigenvalue weighted by molar-refractivity contribution is 5.88. The largest absolute Gasteiger partial charge is 0.305 e. The summed E-state index contributed by atoms with van der Waals surface area (Å²) < 4.78 is 0. The number of ketones is 1. The minimum atomic E-state index is -0.130. The summed E-state index contributed by atoms with van der Waals surface area (Å²) in [5.41, 5.74) is -0.130. The van der Waals surface area contributed by atoms with Crippen molar-refractivity contribution in [2.75, 3.05) is 6.54 Å². The quantitative estimate of drug-likeness (QED) is 0.729. The summed E-state index contributed by atoms with van der Waals surface area (Å²) in [7, 11) is 0. The second-order valence-electron chi connectivity index (χ2n) is 4.87. The maximum atomic E-state index is 12.1. The first-order valence-electron chi connectivity index (χ1n) is 6.05. The molecule has 0 amide bonds. The van der Waals surface area contributed by atoms with Crippen LogP contribution in [0.2, 0.25) is 0 Å². The molecule has 1 unspecified atom stereocenters. The molecule has 1 N–H and O–H groups in total. The van der Waals surface area contributed by atoms with Crippen molar-refractivity contribution in [2.24, 2.45) is 5.92 Å². The van der Waals surface area contributed by atoms with Crippen LogP contribution >= 0.6 is 0 Å². The fraction of sp³-hybridized carbons (Fsp3) is 0.917. The van der Waals surface area contributed by atoms with Crippen molar-refractivity contribution in [1.82, 2.24) is 5.32 Å². The van der Waals surface area contributed by atoms with Gasteiger partial charge in [0.1, 0.15) is 0 Å². The average molecular weight is 195 g/mol. The van der Waals surface area contributed by atoms with Gasteiger partial charge in [-0.2, -0.15) is 0 Å². The highest BCUT2D eigenvalue weighted by Crippen LogP contribution is 2.35. The van der Waals surface area contributed by atoms with Crippen molar-refractivity contribution in [3.05, 3.63) is 0 Å². The Morgan fingerprint density at radius 3 is 2.79 bits per heavy atom. The number of hydrogen-bond acceptors (Lipinski definition) is 2. The molecule has 0 aromatic rings. The Bertz CT molecular complexity index is 214. The van der Waals surface area contributed by atoms with Gasteiger partial charge in [-0.3, -0.25) is 4.79 Å². The number of carbonyl (C=O) groups is 1. The molecule has 1 atom stereocenters.